The van der Waals surface area contributed by atoms with Crippen molar-refractivity contribution in [1.82, 2.24) is 0 Å². The van der Waals surface area contributed by atoms with Gasteiger partial charge in [-0.3, -0.25) is 0 Å². The van der Waals surface area contributed by atoms with Gasteiger partial charge in [0.2, 0.25) is 0 Å². The first kappa shape index (κ1) is 14.8. The normalized spacial score (nSPS) is 12.4. The Morgan fingerprint density at radius 3 is 2.26 bits per heavy atom. The van der Waals surface area contributed by atoms with Gasteiger partial charge in [0.15, 0.2) is 0 Å². The van der Waals surface area contributed by atoms with Crippen molar-refractivity contribution in [3.63, 3.8) is 0 Å². The quantitative estimate of drug-likeness (QED) is 0.599. The lowest BCUT2D eigenvalue weighted by molar-refractivity contribution is 0.625. The zero-order valence-electron chi connectivity index (χ0n) is 10.0. The van der Waals surface area contributed by atoms with E-state index in [1.807, 2.05) is 24.3 Å². The molecule has 0 bridgehead atoms. The van der Waals surface area contributed by atoms with Crippen LogP contribution in [-0.2, 0) is 6.42 Å². The lowest BCUT2D eigenvalue weighted by Gasteiger charge is -2.15. The van der Waals surface area contributed by atoms with E-state index in [1.165, 1.54) is 12.1 Å². The minimum atomic E-state index is -0.216. The average Bonchev–Trinajstić information content (AvgIpc) is 2.41. The molecule has 0 aromatic heterocycles. The molecule has 0 aliphatic carbocycles. The van der Waals surface area contributed by atoms with E-state index < -0.39 is 0 Å². The van der Waals surface area contributed by atoms with Crippen LogP contribution >= 0.6 is 39.1 Å². The van der Waals surface area contributed by atoms with E-state index >= 15 is 0 Å². The van der Waals surface area contributed by atoms with Crippen molar-refractivity contribution in [1.29, 1.82) is 0 Å². The van der Waals surface area contributed by atoms with E-state index in [2.05, 4.69) is 15.9 Å². The zero-order chi connectivity index (χ0) is 13.8. The molecule has 1 atom stereocenters. The molecule has 0 nitrogen and oxygen atoms in total. The van der Waals surface area contributed by atoms with Crippen LogP contribution in [-0.4, -0.2) is 5.33 Å². The Balaban J connectivity index is 2.18. The van der Waals surface area contributed by atoms with Gasteiger partial charge in [-0.15, -0.1) is 0 Å². The lowest BCUT2D eigenvalue weighted by Crippen LogP contribution is -2.04. The summed E-state index contributed by atoms with van der Waals surface area (Å²) in [6.45, 7) is 0. The summed E-state index contributed by atoms with van der Waals surface area (Å²) >= 11 is 15.4. The minimum Gasteiger partial charge on any atom is -0.207 e. The summed E-state index contributed by atoms with van der Waals surface area (Å²) in [5.74, 6) is 0.0597. The molecule has 2 aromatic carbocycles. The van der Waals surface area contributed by atoms with Crippen molar-refractivity contribution in [2.24, 2.45) is 0 Å². The summed E-state index contributed by atoms with van der Waals surface area (Å²) in [6.07, 6.45) is 0.827. The average molecular weight is 362 g/mol. The second-order valence-corrected chi connectivity index (χ2v) is 5.82. The number of hydrogen-bond acceptors (Lipinski definition) is 0. The molecule has 0 N–H and O–H groups in total. The van der Waals surface area contributed by atoms with Gasteiger partial charge < -0.3 is 0 Å². The van der Waals surface area contributed by atoms with Gasteiger partial charge in [0.05, 0.1) is 10.0 Å². The van der Waals surface area contributed by atoms with Crippen molar-refractivity contribution in [3.8, 4) is 0 Å². The van der Waals surface area contributed by atoms with Crippen molar-refractivity contribution in [2.75, 3.05) is 5.33 Å². The molecule has 0 heterocycles. The summed E-state index contributed by atoms with van der Waals surface area (Å²) in [7, 11) is 0. The van der Waals surface area contributed by atoms with Gasteiger partial charge in [0, 0.05) is 5.33 Å². The van der Waals surface area contributed by atoms with Crippen LogP contribution in [0.15, 0.2) is 42.5 Å². The largest absolute Gasteiger partial charge is 0.207 e. The molecular formula is C15H12BrCl2F. The summed E-state index contributed by atoms with van der Waals surface area (Å²) in [6, 6.07) is 12.3. The number of alkyl halides is 1. The van der Waals surface area contributed by atoms with Crippen molar-refractivity contribution in [3.05, 3.63) is 69.5 Å². The maximum atomic E-state index is 12.9. The topological polar surface area (TPSA) is 0 Å². The van der Waals surface area contributed by atoms with Gasteiger partial charge in [0.25, 0.3) is 0 Å². The SMILES string of the molecule is Fc1ccc(C(CBr)Cc2ccc(Cl)c(Cl)c2)cc1. The Kier molecular flexibility index (Phi) is 5.26. The molecule has 0 spiro atoms. The van der Waals surface area contributed by atoms with E-state index in [0.717, 1.165) is 22.9 Å². The van der Waals surface area contributed by atoms with Crippen LogP contribution in [0.25, 0.3) is 0 Å². The Bertz CT molecular complexity index is 555. The molecule has 0 fully saturated rings. The summed E-state index contributed by atoms with van der Waals surface area (Å²) in [5, 5.41) is 1.92. The molecule has 0 aliphatic rings. The third-order valence-corrected chi connectivity index (χ3v) is 4.51. The molecule has 0 aliphatic heterocycles. The fraction of sp³-hybridized carbons (Fsp3) is 0.200. The highest BCUT2D eigenvalue weighted by atomic mass is 79.9. The van der Waals surface area contributed by atoms with Gasteiger partial charge in [-0.05, 0) is 47.7 Å². The summed E-state index contributed by atoms with van der Waals surface area (Å²) < 4.78 is 12.9. The third kappa shape index (κ3) is 3.95. The highest BCUT2D eigenvalue weighted by Gasteiger charge is 2.12. The van der Waals surface area contributed by atoms with Crippen LogP contribution in [0, 0.1) is 5.82 Å². The Morgan fingerprint density at radius 1 is 1.00 bits per heavy atom. The molecule has 0 saturated heterocycles. The highest BCUT2D eigenvalue weighted by molar-refractivity contribution is 9.09. The Morgan fingerprint density at radius 2 is 1.68 bits per heavy atom. The third-order valence-electron chi connectivity index (χ3n) is 2.99. The molecule has 19 heavy (non-hydrogen) atoms. The smallest absolute Gasteiger partial charge is 0.123 e. The number of halogens is 4. The molecule has 2 aromatic rings. The number of hydrogen-bond donors (Lipinski definition) is 0. The molecule has 0 amide bonds. The molecule has 1 unspecified atom stereocenters. The van der Waals surface area contributed by atoms with Crippen LogP contribution in [0.4, 0.5) is 4.39 Å². The van der Waals surface area contributed by atoms with E-state index in [-0.39, 0.29) is 11.7 Å². The highest BCUT2D eigenvalue weighted by Crippen LogP contribution is 2.27. The molecule has 0 saturated carbocycles. The Hall–Kier alpha value is -0.570. The van der Waals surface area contributed by atoms with E-state index in [9.17, 15) is 4.39 Å². The van der Waals surface area contributed by atoms with Gasteiger partial charge >= 0.3 is 0 Å². The first-order chi connectivity index (χ1) is 9.10. The maximum Gasteiger partial charge on any atom is 0.123 e. The fourth-order valence-electron chi connectivity index (χ4n) is 1.95. The monoisotopic (exact) mass is 360 g/mol. The van der Waals surface area contributed by atoms with Crippen molar-refractivity contribution in [2.45, 2.75) is 12.3 Å². The zero-order valence-corrected chi connectivity index (χ0v) is 13.1. The predicted octanol–water partition coefficient (Wildman–Crippen LogP) is 5.85. The van der Waals surface area contributed by atoms with E-state index in [0.29, 0.717) is 10.0 Å². The summed E-state index contributed by atoms with van der Waals surface area (Å²) in [4.78, 5) is 0. The van der Waals surface area contributed by atoms with Gasteiger partial charge in [-0.2, -0.15) is 0 Å². The first-order valence-electron chi connectivity index (χ1n) is 5.85. The summed E-state index contributed by atoms with van der Waals surface area (Å²) in [5.41, 5.74) is 2.22. The van der Waals surface area contributed by atoms with Gasteiger partial charge in [-0.25, -0.2) is 4.39 Å². The van der Waals surface area contributed by atoms with Crippen molar-refractivity contribution >= 4 is 39.1 Å². The van der Waals surface area contributed by atoms with Crippen LogP contribution in [0.1, 0.15) is 17.0 Å². The van der Waals surface area contributed by atoms with Crippen LogP contribution < -0.4 is 0 Å². The molecule has 0 radical (unpaired) electrons. The fourth-order valence-corrected chi connectivity index (χ4v) is 2.87. The number of benzene rings is 2. The lowest BCUT2D eigenvalue weighted by atomic mass is 9.94. The second kappa shape index (κ2) is 6.74. The van der Waals surface area contributed by atoms with E-state index in [4.69, 9.17) is 23.2 Å². The van der Waals surface area contributed by atoms with Crippen molar-refractivity contribution < 1.29 is 4.39 Å². The standard InChI is InChI=1S/C15H12BrCl2F/c16-9-12(11-2-4-13(19)5-3-11)7-10-1-6-14(17)15(18)8-10/h1-6,8,12H,7,9H2. The van der Waals surface area contributed by atoms with Crippen LogP contribution in [0.5, 0.6) is 0 Å². The van der Waals surface area contributed by atoms with E-state index in [1.54, 1.807) is 6.07 Å². The molecule has 100 valence electrons. The number of rotatable bonds is 4. The Labute approximate surface area is 130 Å². The van der Waals surface area contributed by atoms with Gasteiger partial charge in [-0.1, -0.05) is 57.3 Å². The van der Waals surface area contributed by atoms with Crippen LogP contribution in [0.2, 0.25) is 10.0 Å². The maximum absolute atomic E-state index is 12.9. The van der Waals surface area contributed by atoms with Crippen LogP contribution in [0.3, 0.4) is 0 Å². The first-order valence-corrected chi connectivity index (χ1v) is 7.73. The second-order valence-electron chi connectivity index (χ2n) is 4.36. The predicted molar refractivity (Wildman–Crippen MR) is 83.1 cm³/mol. The molecular weight excluding hydrogens is 350 g/mol. The minimum absolute atomic E-state index is 0.216. The molecule has 4 heteroatoms. The molecule has 2 rings (SSSR count). The van der Waals surface area contributed by atoms with Gasteiger partial charge in [0.1, 0.15) is 5.82 Å².